The highest BCUT2D eigenvalue weighted by molar-refractivity contribution is 5.68. The van der Waals surface area contributed by atoms with Gasteiger partial charge in [0.2, 0.25) is 0 Å². The monoisotopic (exact) mass is 189 g/mol. The van der Waals surface area contributed by atoms with Crippen LogP contribution in [0.2, 0.25) is 0 Å². The number of aromatic hydroxyl groups is 1. The van der Waals surface area contributed by atoms with Gasteiger partial charge in [-0.1, -0.05) is 27.4 Å². The zero-order valence-corrected chi connectivity index (χ0v) is 9.31. The molecule has 1 aromatic carbocycles. The minimum absolute atomic E-state index is 0.0634. The molecule has 0 aliphatic carbocycles. The first kappa shape index (κ1) is 10.8. The van der Waals surface area contributed by atoms with Crippen LogP contribution < -0.4 is 0 Å². The molecule has 1 aromatic rings. The topological polar surface area (TPSA) is 20.2 Å². The molecule has 0 fully saturated rings. The van der Waals surface area contributed by atoms with Gasteiger partial charge in [0, 0.05) is 11.1 Å². The smallest absolute Gasteiger partial charge is 0.126 e. The van der Waals surface area contributed by atoms with Gasteiger partial charge < -0.3 is 5.11 Å². The summed E-state index contributed by atoms with van der Waals surface area (Å²) >= 11 is 0. The minimum Gasteiger partial charge on any atom is -0.507 e. The van der Waals surface area contributed by atoms with E-state index in [1.54, 1.807) is 6.07 Å². The molecule has 0 aliphatic rings. The van der Waals surface area contributed by atoms with Crippen LogP contribution in [0.4, 0.5) is 0 Å². The van der Waals surface area contributed by atoms with Crippen LogP contribution in [0, 0.1) is 6.07 Å². The summed E-state index contributed by atoms with van der Waals surface area (Å²) in [6, 6.07) is 6.64. The molecule has 0 amide bonds. The molecule has 1 rings (SSSR count). The average Bonchev–Trinajstić information content (AvgIpc) is 2.01. The Bertz CT molecular complexity index is 356. The molecule has 0 unspecified atom stereocenters. The van der Waals surface area contributed by atoms with Crippen LogP contribution in [-0.4, -0.2) is 5.11 Å². The predicted octanol–water partition coefficient (Wildman–Crippen LogP) is 3.52. The van der Waals surface area contributed by atoms with Crippen LogP contribution in [0.15, 0.2) is 18.7 Å². The van der Waals surface area contributed by atoms with Crippen molar-refractivity contribution in [1.82, 2.24) is 0 Å². The van der Waals surface area contributed by atoms with Gasteiger partial charge in [0.25, 0.3) is 0 Å². The molecule has 0 atom stereocenters. The molecule has 0 saturated carbocycles. The van der Waals surface area contributed by atoms with E-state index in [9.17, 15) is 5.11 Å². The number of hydrogen-bond donors (Lipinski definition) is 1. The molecule has 1 nitrogen and oxygen atoms in total. The maximum absolute atomic E-state index is 10.0. The van der Waals surface area contributed by atoms with E-state index in [1.165, 1.54) is 0 Å². The number of hydrogen-bond acceptors (Lipinski definition) is 1. The van der Waals surface area contributed by atoms with Crippen molar-refractivity contribution in [2.24, 2.45) is 0 Å². The number of phenols is 1. The lowest BCUT2D eigenvalue weighted by molar-refractivity contribution is 0.445. The Morgan fingerprint density at radius 1 is 1.36 bits per heavy atom. The summed E-state index contributed by atoms with van der Waals surface area (Å²) in [5.41, 5.74) is 2.51. The van der Waals surface area contributed by atoms with Crippen molar-refractivity contribution in [3.05, 3.63) is 35.9 Å². The van der Waals surface area contributed by atoms with Gasteiger partial charge in [-0.05, 0) is 36.1 Å². The Kier molecular flexibility index (Phi) is 2.70. The Morgan fingerprint density at radius 3 is 2.36 bits per heavy atom. The average molecular weight is 189 g/mol. The Balaban J connectivity index is 3.35. The first-order chi connectivity index (χ1) is 6.34. The largest absolute Gasteiger partial charge is 0.507 e. The second-order valence-electron chi connectivity index (χ2n) is 4.66. The van der Waals surface area contributed by atoms with Crippen LogP contribution in [0.5, 0.6) is 5.75 Å². The quantitative estimate of drug-likeness (QED) is 0.716. The van der Waals surface area contributed by atoms with Crippen molar-refractivity contribution in [3.8, 4) is 5.75 Å². The maximum atomic E-state index is 10.0. The molecular weight excluding hydrogens is 172 g/mol. The van der Waals surface area contributed by atoms with Crippen molar-refractivity contribution in [2.75, 3.05) is 0 Å². The third-order valence-corrected chi connectivity index (χ3v) is 2.23. The summed E-state index contributed by atoms with van der Waals surface area (Å²) in [6.07, 6.45) is 0. The van der Waals surface area contributed by atoms with Crippen LogP contribution in [-0.2, 0) is 5.41 Å². The van der Waals surface area contributed by atoms with E-state index >= 15 is 0 Å². The molecular formula is C13H17O. The van der Waals surface area contributed by atoms with E-state index in [-0.39, 0.29) is 5.41 Å². The van der Waals surface area contributed by atoms with Crippen LogP contribution >= 0.6 is 0 Å². The molecule has 1 N–H and O–H groups in total. The SMILES string of the molecule is C=C(C)c1c[c]cc(C(C)(C)C)c1O. The summed E-state index contributed by atoms with van der Waals surface area (Å²) in [4.78, 5) is 0. The maximum Gasteiger partial charge on any atom is 0.126 e. The van der Waals surface area contributed by atoms with Crippen molar-refractivity contribution < 1.29 is 5.11 Å². The van der Waals surface area contributed by atoms with Crippen molar-refractivity contribution in [3.63, 3.8) is 0 Å². The summed E-state index contributed by atoms with van der Waals surface area (Å²) in [5.74, 6) is 0.337. The summed E-state index contributed by atoms with van der Waals surface area (Å²) in [7, 11) is 0. The van der Waals surface area contributed by atoms with Gasteiger partial charge in [-0.15, -0.1) is 0 Å². The van der Waals surface area contributed by atoms with Crippen molar-refractivity contribution in [1.29, 1.82) is 0 Å². The number of rotatable bonds is 1. The highest BCUT2D eigenvalue weighted by Crippen LogP contribution is 2.35. The number of allylic oxidation sites excluding steroid dienone is 1. The second kappa shape index (κ2) is 3.49. The molecule has 1 radical (unpaired) electrons. The fourth-order valence-corrected chi connectivity index (χ4v) is 1.39. The van der Waals surface area contributed by atoms with Gasteiger partial charge in [-0.3, -0.25) is 0 Å². The van der Waals surface area contributed by atoms with Crippen molar-refractivity contribution in [2.45, 2.75) is 33.1 Å². The standard InChI is InChI=1S/C13H17O/c1-9(2)10-7-6-8-11(12(10)14)13(3,4)5/h7-8,14H,1H2,2-5H3. The van der Waals surface area contributed by atoms with Gasteiger partial charge in [-0.25, -0.2) is 0 Å². The fraction of sp³-hybridized carbons (Fsp3) is 0.385. The van der Waals surface area contributed by atoms with E-state index in [0.29, 0.717) is 5.75 Å². The molecule has 14 heavy (non-hydrogen) atoms. The lowest BCUT2D eigenvalue weighted by Crippen LogP contribution is -2.11. The normalized spacial score (nSPS) is 11.4. The number of phenolic OH excluding ortho intramolecular Hbond substituents is 1. The third kappa shape index (κ3) is 1.98. The van der Waals surface area contributed by atoms with Crippen LogP contribution in [0.1, 0.15) is 38.8 Å². The summed E-state index contributed by atoms with van der Waals surface area (Å²) < 4.78 is 0. The van der Waals surface area contributed by atoms with E-state index in [1.807, 2.05) is 13.0 Å². The molecule has 0 aliphatic heterocycles. The fourth-order valence-electron chi connectivity index (χ4n) is 1.39. The Hall–Kier alpha value is -1.24. The summed E-state index contributed by atoms with van der Waals surface area (Å²) in [6.45, 7) is 11.9. The molecule has 0 heterocycles. The first-order valence-corrected chi connectivity index (χ1v) is 4.73. The van der Waals surface area contributed by atoms with Gasteiger partial charge >= 0.3 is 0 Å². The van der Waals surface area contributed by atoms with E-state index in [0.717, 1.165) is 16.7 Å². The van der Waals surface area contributed by atoms with Crippen LogP contribution in [0.3, 0.4) is 0 Å². The van der Waals surface area contributed by atoms with Gasteiger partial charge in [-0.2, -0.15) is 0 Å². The Labute approximate surface area is 86.1 Å². The van der Waals surface area contributed by atoms with Gasteiger partial charge in [0.05, 0.1) is 0 Å². The van der Waals surface area contributed by atoms with Crippen LogP contribution in [0.25, 0.3) is 5.57 Å². The molecule has 0 saturated heterocycles. The Morgan fingerprint density at radius 2 is 1.93 bits per heavy atom. The first-order valence-electron chi connectivity index (χ1n) is 4.73. The highest BCUT2D eigenvalue weighted by Gasteiger charge is 2.19. The number of benzene rings is 1. The summed E-state index contributed by atoms with van der Waals surface area (Å²) in [5, 5.41) is 10.0. The molecule has 75 valence electrons. The minimum atomic E-state index is -0.0634. The lowest BCUT2D eigenvalue weighted by atomic mass is 9.84. The van der Waals surface area contributed by atoms with Gasteiger partial charge in [0.15, 0.2) is 0 Å². The lowest BCUT2D eigenvalue weighted by Gasteiger charge is -2.21. The predicted molar refractivity (Wildman–Crippen MR) is 60.4 cm³/mol. The molecule has 0 bridgehead atoms. The van der Waals surface area contributed by atoms with E-state index in [4.69, 9.17) is 0 Å². The molecule has 1 heteroatoms. The van der Waals surface area contributed by atoms with E-state index in [2.05, 4.69) is 33.4 Å². The van der Waals surface area contributed by atoms with E-state index < -0.39 is 0 Å². The second-order valence-corrected chi connectivity index (χ2v) is 4.66. The molecule has 0 spiro atoms. The zero-order chi connectivity index (χ0) is 10.9. The van der Waals surface area contributed by atoms with Gasteiger partial charge in [0.1, 0.15) is 5.75 Å². The molecule has 0 aromatic heterocycles. The zero-order valence-electron chi connectivity index (χ0n) is 9.31. The van der Waals surface area contributed by atoms with Crippen molar-refractivity contribution >= 4 is 5.57 Å². The third-order valence-electron chi connectivity index (χ3n) is 2.23. The highest BCUT2D eigenvalue weighted by atomic mass is 16.3.